The van der Waals surface area contributed by atoms with Gasteiger partial charge in [0, 0.05) is 5.56 Å². The minimum atomic E-state index is -1.40. The number of aromatic nitrogens is 2. The van der Waals surface area contributed by atoms with Crippen molar-refractivity contribution in [2.75, 3.05) is 0 Å². The van der Waals surface area contributed by atoms with Gasteiger partial charge in [0.2, 0.25) is 0 Å². The van der Waals surface area contributed by atoms with Gasteiger partial charge in [-0.2, -0.15) is 0 Å². The monoisotopic (exact) mass is 170 g/mol. The predicted molar refractivity (Wildman–Crippen MR) is 39.4 cm³/mol. The van der Waals surface area contributed by atoms with E-state index in [1.165, 1.54) is 6.92 Å². The van der Waals surface area contributed by atoms with E-state index < -0.39 is 22.7 Å². The topological polar surface area (TPSA) is 103 Å². The average molecular weight is 170 g/mol. The molecule has 0 saturated heterocycles. The maximum absolute atomic E-state index is 10.8. The molecule has 0 aliphatic heterocycles. The van der Waals surface area contributed by atoms with Crippen LogP contribution in [-0.2, 0) is 0 Å². The number of carbonyl (C=O) groups is 1. The second-order valence-corrected chi connectivity index (χ2v) is 2.21. The predicted octanol–water partition coefficient (Wildman–Crippen LogP) is -0.930. The Bertz CT molecular complexity index is 428. The summed E-state index contributed by atoms with van der Waals surface area (Å²) in [6, 6.07) is 0. The van der Waals surface area contributed by atoms with Crippen LogP contribution in [0.2, 0.25) is 0 Å². The van der Waals surface area contributed by atoms with Crippen LogP contribution < -0.4 is 11.1 Å². The lowest BCUT2D eigenvalue weighted by molar-refractivity contribution is 0.0693. The summed E-state index contributed by atoms with van der Waals surface area (Å²) in [5, 5.41) is 12.4. The molecule has 3 N–H and O–H groups in total. The van der Waals surface area contributed by atoms with Crippen molar-refractivity contribution in [1.82, 2.24) is 10.2 Å². The standard InChI is InChI=1S/C6H6N2O4/c1-2-3(6(11)12)5(10)8-7-4(2)9/h1H3,(H,7,9)(H,8,10)(H,11,12). The van der Waals surface area contributed by atoms with Crippen LogP contribution in [0.3, 0.4) is 0 Å². The first-order valence-corrected chi connectivity index (χ1v) is 3.09. The lowest BCUT2D eigenvalue weighted by Gasteiger charge is -1.95. The zero-order chi connectivity index (χ0) is 9.30. The second-order valence-electron chi connectivity index (χ2n) is 2.21. The molecule has 0 aliphatic carbocycles. The largest absolute Gasteiger partial charge is 0.477 e. The van der Waals surface area contributed by atoms with Crippen LogP contribution in [0.25, 0.3) is 0 Å². The Morgan fingerprint density at radius 3 is 2.17 bits per heavy atom. The molecular formula is C6H6N2O4. The average Bonchev–Trinajstić information content (AvgIpc) is 1.97. The molecule has 1 rings (SSSR count). The highest BCUT2D eigenvalue weighted by Gasteiger charge is 2.13. The van der Waals surface area contributed by atoms with E-state index in [-0.39, 0.29) is 5.56 Å². The van der Waals surface area contributed by atoms with Crippen LogP contribution in [0.15, 0.2) is 9.59 Å². The number of carboxylic acids is 1. The Labute approximate surface area is 65.8 Å². The molecule has 12 heavy (non-hydrogen) atoms. The van der Waals surface area contributed by atoms with Crippen LogP contribution >= 0.6 is 0 Å². The van der Waals surface area contributed by atoms with Crippen LogP contribution in [0, 0.1) is 6.92 Å². The summed E-state index contributed by atoms with van der Waals surface area (Å²) in [4.78, 5) is 32.1. The number of hydrogen-bond donors (Lipinski definition) is 3. The Morgan fingerprint density at radius 2 is 1.75 bits per heavy atom. The molecular weight excluding hydrogens is 164 g/mol. The number of H-pyrrole nitrogens is 2. The van der Waals surface area contributed by atoms with Crippen LogP contribution in [0.1, 0.15) is 15.9 Å². The molecule has 1 heterocycles. The van der Waals surface area contributed by atoms with Crippen LogP contribution in [-0.4, -0.2) is 21.3 Å². The molecule has 1 aromatic heterocycles. The summed E-state index contributed by atoms with van der Waals surface area (Å²) in [7, 11) is 0. The first-order chi connectivity index (χ1) is 5.54. The van der Waals surface area contributed by atoms with E-state index in [0.717, 1.165) is 0 Å². The van der Waals surface area contributed by atoms with Gasteiger partial charge in [0.25, 0.3) is 11.1 Å². The summed E-state index contributed by atoms with van der Waals surface area (Å²) in [6.07, 6.45) is 0. The van der Waals surface area contributed by atoms with Gasteiger partial charge < -0.3 is 5.11 Å². The van der Waals surface area contributed by atoms with Gasteiger partial charge >= 0.3 is 5.97 Å². The highest BCUT2D eigenvalue weighted by Crippen LogP contribution is 1.92. The minimum Gasteiger partial charge on any atom is -0.477 e. The fourth-order valence-electron chi connectivity index (χ4n) is 0.811. The Hall–Kier alpha value is -1.85. The molecule has 6 heteroatoms. The zero-order valence-electron chi connectivity index (χ0n) is 6.17. The quantitative estimate of drug-likeness (QED) is 0.506. The lowest BCUT2D eigenvalue weighted by atomic mass is 10.2. The number of rotatable bonds is 1. The smallest absolute Gasteiger partial charge is 0.341 e. The van der Waals surface area contributed by atoms with Gasteiger partial charge in [-0.3, -0.25) is 19.8 Å². The summed E-state index contributed by atoms with van der Waals surface area (Å²) < 4.78 is 0. The molecule has 0 spiro atoms. The van der Waals surface area contributed by atoms with Crippen molar-refractivity contribution in [3.63, 3.8) is 0 Å². The van der Waals surface area contributed by atoms with Gasteiger partial charge in [0.15, 0.2) is 0 Å². The van der Waals surface area contributed by atoms with Gasteiger partial charge in [0.1, 0.15) is 5.56 Å². The molecule has 0 atom stereocenters. The molecule has 0 unspecified atom stereocenters. The second kappa shape index (κ2) is 2.65. The van der Waals surface area contributed by atoms with Gasteiger partial charge in [0.05, 0.1) is 0 Å². The fraction of sp³-hybridized carbons (Fsp3) is 0.167. The van der Waals surface area contributed by atoms with Crippen molar-refractivity contribution >= 4 is 5.97 Å². The molecule has 0 fully saturated rings. The number of aromatic carboxylic acids is 1. The van der Waals surface area contributed by atoms with Crippen molar-refractivity contribution < 1.29 is 9.90 Å². The number of hydrogen-bond acceptors (Lipinski definition) is 3. The highest BCUT2D eigenvalue weighted by molar-refractivity contribution is 5.88. The van der Waals surface area contributed by atoms with E-state index in [2.05, 4.69) is 0 Å². The van der Waals surface area contributed by atoms with Crippen molar-refractivity contribution in [3.05, 3.63) is 31.8 Å². The molecule has 0 aromatic carbocycles. The number of nitrogens with one attached hydrogen (secondary N) is 2. The van der Waals surface area contributed by atoms with E-state index in [1.54, 1.807) is 0 Å². The van der Waals surface area contributed by atoms with E-state index in [4.69, 9.17) is 5.11 Å². The van der Waals surface area contributed by atoms with Crippen LogP contribution in [0.4, 0.5) is 0 Å². The lowest BCUT2D eigenvalue weighted by Crippen LogP contribution is -2.28. The Kier molecular flexibility index (Phi) is 1.82. The third-order valence-corrected chi connectivity index (χ3v) is 1.45. The molecule has 0 aliphatic rings. The summed E-state index contributed by atoms with van der Waals surface area (Å²) in [6.45, 7) is 1.28. The molecule has 0 radical (unpaired) electrons. The molecule has 6 nitrogen and oxygen atoms in total. The molecule has 1 aromatic rings. The fourth-order valence-corrected chi connectivity index (χ4v) is 0.811. The van der Waals surface area contributed by atoms with Crippen molar-refractivity contribution in [2.45, 2.75) is 6.92 Å². The third kappa shape index (κ3) is 1.14. The Balaban J connectivity index is 3.66. The summed E-state index contributed by atoms with van der Waals surface area (Å²) in [5.41, 5.74) is -2.02. The maximum atomic E-state index is 10.8. The third-order valence-electron chi connectivity index (χ3n) is 1.45. The first kappa shape index (κ1) is 8.25. The van der Waals surface area contributed by atoms with E-state index >= 15 is 0 Å². The van der Waals surface area contributed by atoms with Crippen molar-refractivity contribution in [3.8, 4) is 0 Å². The molecule has 64 valence electrons. The normalized spacial score (nSPS) is 9.75. The van der Waals surface area contributed by atoms with Gasteiger partial charge in [-0.15, -0.1) is 0 Å². The number of aromatic amines is 2. The van der Waals surface area contributed by atoms with E-state index in [0.29, 0.717) is 0 Å². The maximum Gasteiger partial charge on any atom is 0.341 e. The minimum absolute atomic E-state index is 0.0914. The zero-order valence-corrected chi connectivity index (χ0v) is 6.17. The molecule has 0 bridgehead atoms. The summed E-state index contributed by atoms with van der Waals surface area (Å²) >= 11 is 0. The molecule has 0 saturated carbocycles. The van der Waals surface area contributed by atoms with E-state index in [1.807, 2.05) is 10.2 Å². The first-order valence-electron chi connectivity index (χ1n) is 3.09. The van der Waals surface area contributed by atoms with Gasteiger partial charge in [-0.05, 0) is 6.92 Å². The van der Waals surface area contributed by atoms with Crippen molar-refractivity contribution in [2.24, 2.45) is 0 Å². The Morgan fingerprint density at radius 1 is 1.25 bits per heavy atom. The van der Waals surface area contributed by atoms with Gasteiger partial charge in [-0.25, -0.2) is 4.79 Å². The van der Waals surface area contributed by atoms with Crippen LogP contribution in [0.5, 0.6) is 0 Å². The van der Waals surface area contributed by atoms with Crippen molar-refractivity contribution in [1.29, 1.82) is 0 Å². The highest BCUT2D eigenvalue weighted by atomic mass is 16.4. The molecule has 0 amide bonds. The SMILES string of the molecule is Cc1c(C(=O)O)c(=O)[nH][nH]c1=O. The van der Waals surface area contributed by atoms with Gasteiger partial charge in [-0.1, -0.05) is 0 Å². The van der Waals surface area contributed by atoms with E-state index in [9.17, 15) is 14.4 Å². The number of carboxylic acid groups (broad SMARTS) is 1. The summed E-state index contributed by atoms with van der Waals surface area (Å²) in [5.74, 6) is -1.40.